The molecule has 0 aliphatic heterocycles. The van der Waals surface area contributed by atoms with Crippen LogP contribution in [-0.2, 0) is 23.5 Å². The molecule has 0 aromatic carbocycles. The van der Waals surface area contributed by atoms with Crippen LogP contribution in [0.4, 0.5) is 0 Å². The van der Waals surface area contributed by atoms with Crippen LogP contribution in [0.3, 0.4) is 0 Å². The molecule has 4 heavy (non-hydrogen) atoms. The van der Waals surface area contributed by atoms with Gasteiger partial charge in [0, 0.05) is 0 Å². The van der Waals surface area contributed by atoms with Gasteiger partial charge < -0.3 is 0 Å². The molecular weight excluding hydrogens is 95.0 g/mol. The molecular formula is CH4O2V. The van der Waals surface area contributed by atoms with Crippen molar-refractivity contribution in [1.29, 1.82) is 0 Å². The van der Waals surface area contributed by atoms with Crippen molar-refractivity contribution in [3.8, 4) is 0 Å². The fourth-order valence-corrected chi connectivity index (χ4v) is 0. The van der Waals surface area contributed by atoms with Crippen molar-refractivity contribution in [2.45, 2.75) is 7.43 Å². The van der Waals surface area contributed by atoms with Gasteiger partial charge in [-0.3, -0.25) is 0 Å². The maximum absolute atomic E-state index is 8.47. The molecule has 0 bridgehead atoms. The molecule has 0 atom stereocenters. The minimum atomic E-state index is -1.81. The molecule has 0 heterocycles. The standard InChI is InChI=1S/CH4.2O.V/h1H4;;;. The summed E-state index contributed by atoms with van der Waals surface area (Å²) in [6.07, 6.45) is 0. The van der Waals surface area contributed by atoms with Gasteiger partial charge in [-0.15, -0.1) is 0 Å². The first kappa shape index (κ1) is 8.89. The van der Waals surface area contributed by atoms with Gasteiger partial charge in [-0.1, -0.05) is 7.43 Å². The molecule has 0 N–H and O–H groups in total. The molecule has 0 aliphatic rings. The van der Waals surface area contributed by atoms with Gasteiger partial charge in [0.1, 0.15) is 0 Å². The van der Waals surface area contributed by atoms with E-state index in [1.807, 2.05) is 0 Å². The molecule has 2 nitrogen and oxygen atoms in total. The van der Waals surface area contributed by atoms with E-state index < -0.39 is 16.2 Å². The van der Waals surface area contributed by atoms with Crippen LogP contribution >= 0.6 is 0 Å². The molecule has 0 saturated carbocycles. The Kier molecular flexibility index (Phi) is 24.1. The molecule has 0 spiro atoms. The summed E-state index contributed by atoms with van der Waals surface area (Å²) in [6.45, 7) is 0. The normalized spacial score (nSPS) is 2.00. The summed E-state index contributed by atoms with van der Waals surface area (Å²) in [5, 5.41) is 0. The van der Waals surface area contributed by atoms with Gasteiger partial charge in [-0.2, -0.15) is 0 Å². The first-order valence-corrected chi connectivity index (χ1v) is 1.51. The molecule has 0 aromatic heterocycles. The van der Waals surface area contributed by atoms with Crippen molar-refractivity contribution >= 4 is 0 Å². The van der Waals surface area contributed by atoms with Gasteiger partial charge in [0.05, 0.1) is 0 Å². The molecule has 0 saturated heterocycles. The Balaban J connectivity index is 0. The molecule has 0 rings (SSSR count). The van der Waals surface area contributed by atoms with Crippen LogP contribution in [0.25, 0.3) is 0 Å². The van der Waals surface area contributed by atoms with Gasteiger partial charge >= 0.3 is 23.5 Å². The number of hydrogen-bond donors (Lipinski definition) is 0. The zero-order valence-corrected chi connectivity index (χ0v) is 2.66. The molecule has 0 unspecified atom stereocenters. The van der Waals surface area contributed by atoms with Gasteiger partial charge in [0.25, 0.3) is 0 Å². The molecule has 3 heteroatoms. The van der Waals surface area contributed by atoms with Gasteiger partial charge in [-0.05, 0) is 0 Å². The summed E-state index contributed by atoms with van der Waals surface area (Å²) < 4.78 is 16.9. The van der Waals surface area contributed by atoms with E-state index in [1.165, 1.54) is 0 Å². The molecule has 0 aromatic rings. The Labute approximate surface area is 31.7 Å². The van der Waals surface area contributed by atoms with E-state index in [1.54, 1.807) is 0 Å². The van der Waals surface area contributed by atoms with Crippen LogP contribution < -0.4 is 0 Å². The first-order valence-electron chi connectivity index (χ1n) is 0.365. The summed E-state index contributed by atoms with van der Waals surface area (Å²) in [7, 11) is 0. The third kappa shape index (κ3) is 90.1. The zero-order valence-electron chi connectivity index (χ0n) is 1.26. The van der Waals surface area contributed by atoms with Crippen molar-refractivity contribution in [2.75, 3.05) is 0 Å². The molecule has 0 amide bonds. The monoisotopic (exact) mass is 99.0 g/mol. The molecule has 0 fully saturated rings. The predicted molar refractivity (Wildman–Crippen MR) is 8.10 cm³/mol. The Morgan fingerprint density at radius 2 is 1.25 bits per heavy atom. The number of rotatable bonds is 0. The predicted octanol–water partition coefficient (Wildman–Crippen LogP) is 0.396. The van der Waals surface area contributed by atoms with E-state index >= 15 is 0 Å². The van der Waals surface area contributed by atoms with Crippen LogP contribution in [0.15, 0.2) is 0 Å². The Hall–Kier alpha value is 0.184. The van der Waals surface area contributed by atoms with Gasteiger partial charge in [0.15, 0.2) is 0 Å². The average molecular weight is 99.0 g/mol. The van der Waals surface area contributed by atoms with E-state index in [9.17, 15) is 0 Å². The molecule has 0 radical (unpaired) electrons. The van der Waals surface area contributed by atoms with Crippen LogP contribution in [0, 0.1) is 0 Å². The number of hydrogen-bond acceptors (Lipinski definition) is 2. The third-order valence-electron chi connectivity index (χ3n) is 0. The summed E-state index contributed by atoms with van der Waals surface area (Å²) in [5.41, 5.74) is 0. The minimum absolute atomic E-state index is 0. The van der Waals surface area contributed by atoms with E-state index in [2.05, 4.69) is 0 Å². The summed E-state index contributed by atoms with van der Waals surface area (Å²) in [5.74, 6) is 0. The second kappa shape index (κ2) is 10.8. The second-order valence-corrected chi connectivity index (χ2v) is 0.307. The van der Waals surface area contributed by atoms with Crippen molar-refractivity contribution in [1.82, 2.24) is 0 Å². The Morgan fingerprint density at radius 1 is 1.25 bits per heavy atom. The van der Waals surface area contributed by atoms with E-state index in [0.717, 1.165) is 0 Å². The third-order valence-corrected chi connectivity index (χ3v) is 0. The SMILES string of the molecule is C.[O]=[V]=[O]. The van der Waals surface area contributed by atoms with Crippen LogP contribution in [0.2, 0.25) is 0 Å². The maximum atomic E-state index is 8.47. The fraction of sp³-hybridized carbons (Fsp3) is 1.00. The van der Waals surface area contributed by atoms with Gasteiger partial charge in [0.2, 0.25) is 0 Å². The van der Waals surface area contributed by atoms with Crippen molar-refractivity contribution in [3.63, 3.8) is 0 Å². The Bertz CT molecular complexity index is 27.0. The average Bonchev–Trinajstić information content (AvgIpc) is 0.918. The van der Waals surface area contributed by atoms with E-state index in [4.69, 9.17) is 7.35 Å². The van der Waals surface area contributed by atoms with Crippen molar-refractivity contribution in [3.05, 3.63) is 0 Å². The van der Waals surface area contributed by atoms with E-state index in [-0.39, 0.29) is 7.43 Å². The van der Waals surface area contributed by atoms with Crippen LogP contribution in [-0.4, -0.2) is 0 Å². The topological polar surface area (TPSA) is 34.1 Å². The second-order valence-electron chi connectivity index (χ2n) is 0.0745. The quantitative estimate of drug-likeness (QED) is 0.440. The van der Waals surface area contributed by atoms with Gasteiger partial charge in [-0.25, -0.2) is 0 Å². The van der Waals surface area contributed by atoms with Crippen LogP contribution in [0.5, 0.6) is 0 Å². The first-order chi connectivity index (χ1) is 1.41. The zero-order chi connectivity index (χ0) is 2.71. The summed E-state index contributed by atoms with van der Waals surface area (Å²) in [6, 6.07) is 0. The Morgan fingerprint density at radius 3 is 1.25 bits per heavy atom. The van der Waals surface area contributed by atoms with E-state index in [0.29, 0.717) is 0 Å². The molecule has 25 valence electrons. The van der Waals surface area contributed by atoms with Crippen molar-refractivity contribution in [2.24, 2.45) is 0 Å². The van der Waals surface area contributed by atoms with Crippen molar-refractivity contribution < 1.29 is 23.5 Å². The summed E-state index contributed by atoms with van der Waals surface area (Å²) in [4.78, 5) is 0. The fourth-order valence-electron chi connectivity index (χ4n) is 0. The molecule has 0 aliphatic carbocycles. The van der Waals surface area contributed by atoms with Crippen LogP contribution in [0.1, 0.15) is 7.43 Å². The summed E-state index contributed by atoms with van der Waals surface area (Å²) >= 11 is -1.81.